The van der Waals surface area contributed by atoms with Crippen LogP contribution >= 0.6 is 0 Å². The van der Waals surface area contributed by atoms with E-state index in [2.05, 4.69) is 19.9 Å². The zero-order valence-electron chi connectivity index (χ0n) is 22.5. The van der Waals surface area contributed by atoms with Crippen LogP contribution in [0.25, 0.3) is 5.57 Å². The first-order valence-corrected chi connectivity index (χ1v) is 12.3. The highest BCUT2D eigenvalue weighted by Crippen LogP contribution is 2.45. The van der Waals surface area contributed by atoms with Crippen LogP contribution in [0.1, 0.15) is 82.2 Å². The van der Waals surface area contributed by atoms with E-state index in [0.717, 1.165) is 53.0 Å². The zero-order valence-corrected chi connectivity index (χ0v) is 22.5. The number of allylic oxidation sites excluding steroid dienone is 2. The summed E-state index contributed by atoms with van der Waals surface area (Å²) in [7, 11) is 3.06. The second-order valence-corrected chi connectivity index (χ2v) is 11.0. The summed E-state index contributed by atoms with van der Waals surface area (Å²) in [4.78, 5) is 13.0. The molecule has 0 amide bonds. The predicted octanol–water partition coefficient (Wildman–Crippen LogP) is 7.21. The first kappa shape index (κ1) is 26.8. The minimum absolute atomic E-state index is 0.251. The van der Waals surface area contributed by atoms with Crippen LogP contribution in [0, 0.1) is 12.3 Å². The summed E-state index contributed by atoms with van der Waals surface area (Å²) in [5, 5.41) is 0. The highest BCUT2D eigenvalue weighted by molar-refractivity contribution is 5.83. The lowest BCUT2D eigenvalue weighted by Crippen LogP contribution is -2.29. The standard InChI is InChI=1S/C30H40O5/c1-20-9-14-24(34-19-21-10-12-23(32-7)13-11-21)26(22-15-17-30(5,6)18-16-22)25(20)27(28(31)33-8)35-29(2,3)4/h9-15,27H,16-19H2,1-8H3. The minimum Gasteiger partial charge on any atom is -0.497 e. The molecule has 1 aliphatic carbocycles. The van der Waals surface area contributed by atoms with E-state index in [-0.39, 0.29) is 5.41 Å². The Morgan fingerprint density at radius 3 is 2.29 bits per heavy atom. The molecule has 0 N–H and O–H groups in total. The van der Waals surface area contributed by atoms with Gasteiger partial charge in [0.15, 0.2) is 6.10 Å². The van der Waals surface area contributed by atoms with Crippen molar-refractivity contribution in [2.24, 2.45) is 5.41 Å². The molecule has 1 atom stereocenters. The highest BCUT2D eigenvalue weighted by Gasteiger charge is 2.34. The van der Waals surface area contributed by atoms with Gasteiger partial charge in [-0.2, -0.15) is 0 Å². The van der Waals surface area contributed by atoms with Gasteiger partial charge in [0, 0.05) is 11.1 Å². The number of ether oxygens (including phenoxy) is 4. The SMILES string of the molecule is COC(=O)C(OC(C)(C)C)c1c(C)ccc(OCc2ccc(OC)cc2)c1C1=CCC(C)(C)CC1. The van der Waals surface area contributed by atoms with Crippen molar-refractivity contribution in [1.29, 1.82) is 0 Å². The van der Waals surface area contributed by atoms with Crippen LogP contribution in [0.3, 0.4) is 0 Å². The molecule has 2 aromatic carbocycles. The molecule has 190 valence electrons. The maximum atomic E-state index is 13.0. The minimum atomic E-state index is -0.852. The molecule has 35 heavy (non-hydrogen) atoms. The summed E-state index contributed by atoms with van der Waals surface area (Å²) in [5.41, 5.74) is 4.69. The fourth-order valence-corrected chi connectivity index (χ4v) is 4.37. The smallest absolute Gasteiger partial charge is 0.339 e. The van der Waals surface area contributed by atoms with Gasteiger partial charge in [-0.3, -0.25) is 0 Å². The van der Waals surface area contributed by atoms with Crippen LogP contribution in [0.15, 0.2) is 42.5 Å². The first-order valence-electron chi connectivity index (χ1n) is 12.3. The molecule has 0 heterocycles. The van der Waals surface area contributed by atoms with Crippen LogP contribution in [-0.2, 0) is 20.9 Å². The summed E-state index contributed by atoms with van der Waals surface area (Å²) in [5.74, 6) is 1.15. The van der Waals surface area contributed by atoms with Gasteiger partial charge in [0.05, 0.1) is 19.8 Å². The molecular weight excluding hydrogens is 440 g/mol. The fourth-order valence-electron chi connectivity index (χ4n) is 4.37. The van der Waals surface area contributed by atoms with Crippen molar-refractivity contribution < 1.29 is 23.7 Å². The lowest BCUT2D eigenvalue weighted by molar-refractivity contribution is -0.164. The van der Waals surface area contributed by atoms with Crippen molar-refractivity contribution >= 4 is 11.5 Å². The van der Waals surface area contributed by atoms with E-state index < -0.39 is 17.7 Å². The van der Waals surface area contributed by atoms with Gasteiger partial charge in [-0.05, 0) is 87.3 Å². The summed E-state index contributed by atoms with van der Waals surface area (Å²) >= 11 is 0. The number of rotatable bonds is 8. The molecule has 0 bridgehead atoms. The number of benzene rings is 2. The Hall–Kier alpha value is -2.79. The number of esters is 1. The van der Waals surface area contributed by atoms with Gasteiger partial charge in [-0.15, -0.1) is 0 Å². The van der Waals surface area contributed by atoms with Crippen molar-refractivity contribution in [3.63, 3.8) is 0 Å². The Morgan fingerprint density at radius 2 is 1.74 bits per heavy atom. The van der Waals surface area contributed by atoms with E-state index in [1.54, 1.807) is 7.11 Å². The first-order chi connectivity index (χ1) is 16.4. The van der Waals surface area contributed by atoms with Crippen LogP contribution in [0.2, 0.25) is 0 Å². The summed E-state index contributed by atoms with van der Waals surface area (Å²) < 4.78 is 23.2. The molecule has 0 saturated heterocycles. The number of hydrogen-bond acceptors (Lipinski definition) is 5. The van der Waals surface area contributed by atoms with Gasteiger partial charge in [0.2, 0.25) is 0 Å². The Bertz CT molecular complexity index is 1060. The molecule has 3 rings (SSSR count). The third-order valence-electron chi connectivity index (χ3n) is 6.42. The molecule has 5 heteroatoms. The van der Waals surface area contributed by atoms with Crippen molar-refractivity contribution in [2.75, 3.05) is 14.2 Å². The third-order valence-corrected chi connectivity index (χ3v) is 6.42. The predicted molar refractivity (Wildman–Crippen MR) is 140 cm³/mol. The lowest BCUT2D eigenvalue weighted by Gasteiger charge is -2.33. The topological polar surface area (TPSA) is 54.0 Å². The van der Waals surface area contributed by atoms with Gasteiger partial charge < -0.3 is 18.9 Å². The Morgan fingerprint density at radius 1 is 1.06 bits per heavy atom. The summed E-state index contributed by atoms with van der Waals surface area (Å²) in [6.45, 7) is 12.8. The number of hydrogen-bond donors (Lipinski definition) is 0. The maximum Gasteiger partial charge on any atom is 0.339 e. The van der Waals surface area contributed by atoms with Gasteiger partial charge in [-0.25, -0.2) is 4.79 Å². The lowest BCUT2D eigenvalue weighted by atomic mass is 9.75. The van der Waals surface area contributed by atoms with E-state index in [1.807, 2.05) is 64.1 Å². The van der Waals surface area contributed by atoms with E-state index in [4.69, 9.17) is 18.9 Å². The molecule has 0 radical (unpaired) electrons. The normalized spacial score (nSPS) is 16.3. The Labute approximate surface area is 210 Å². The molecule has 0 aliphatic heterocycles. The average molecular weight is 481 g/mol. The fraction of sp³-hybridized carbons (Fsp3) is 0.500. The molecule has 0 fully saturated rings. The van der Waals surface area contributed by atoms with E-state index in [0.29, 0.717) is 6.61 Å². The van der Waals surface area contributed by atoms with Crippen molar-refractivity contribution in [1.82, 2.24) is 0 Å². The second-order valence-electron chi connectivity index (χ2n) is 11.0. The van der Waals surface area contributed by atoms with Crippen molar-refractivity contribution in [2.45, 2.75) is 79.1 Å². The van der Waals surface area contributed by atoms with Gasteiger partial charge in [-0.1, -0.05) is 38.1 Å². The van der Waals surface area contributed by atoms with E-state index in [9.17, 15) is 4.79 Å². The quantitative estimate of drug-likeness (QED) is 0.374. The van der Waals surface area contributed by atoms with Crippen LogP contribution in [0.4, 0.5) is 0 Å². The molecular formula is C30H40O5. The van der Waals surface area contributed by atoms with Gasteiger partial charge in [0.1, 0.15) is 18.1 Å². The number of methoxy groups -OCH3 is 2. The Kier molecular flexibility index (Phi) is 8.32. The molecule has 0 spiro atoms. The molecule has 0 aromatic heterocycles. The largest absolute Gasteiger partial charge is 0.497 e. The van der Waals surface area contributed by atoms with Crippen LogP contribution in [0.5, 0.6) is 11.5 Å². The third kappa shape index (κ3) is 6.88. The number of carbonyl (C=O) groups is 1. The molecule has 5 nitrogen and oxygen atoms in total. The second kappa shape index (κ2) is 10.9. The van der Waals surface area contributed by atoms with Crippen LogP contribution in [-0.4, -0.2) is 25.8 Å². The average Bonchev–Trinajstić information content (AvgIpc) is 2.81. The maximum absolute atomic E-state index is 13.0. The van der Waals surface area contributed by atoms with Crippen molar-refractivity contribution in [3.8, 4) is 11.5 Å². The molecule has 1 unspecified atom stereocenters. The highest BCUT2D eigenvalue weighted by atomic mass is 16.6. The number of carbonyl (C=O) groups excluding carboxylic acids is 1. The van der Waals surface area contributed by atoms with E-state index >= 15 is 0 Å². The van der Waals surface area contributed by atoms with Gasteiger partial charge in [0.25, 0.3) is 0 Å². The summed E-state index contributed by atoms with van der Waals surface area (Å²) in [6.07, 6.45) is 4.39. The number of aryl methyl sites for hydroxylation is 1. The monoisotopic (exact) mass is 480 g/mol. The molecule has 0 saturated carbocycles. The Balaban J connectivity index is 2.10. The summed E-state index contributed by atoms with van der Waals surface area (Å²) in [6, 6.07) is 11.8. The molecule has 1 aliphatic rings. The molecule has 2 aromatic rings. The van der Waals surface area contributed by atoms with Crippen molar-refractivity contribution in [3.05, 3.63) is 64.7 Å². The van der Waals surface area contributed by atoms with Gasteiger partial charge >= 0.3 is 5.97 Å². The van der Waals surface area contributed by atoms with Crippen LogP contribution < -0.4 is 9.47 Å². The van der Waals surface area contributed by atoms with E-state index in [1.165, 1.54) is 12.7 Å². The zero-order chi connectivity index (χ0) is 25.8.